The van der Waals surface area contributed by atoms with Gasteiger partial charge >= 0.3 is 0 Å². The molecule has 12 heavy (non-hydrogen) atoms. The van der Waals surface area contributed by atoms with Crippen LogP contribution in [-0.4, -0.2) is 20.7 Å². The summed E-state index contributed by atoms with van der Waals surface area (Å²) in [7, 11) is 0. The molecule has 0 saturated heterocycles. The Morgan fingerprint density at radius 1 is 1.75 bits per heavy atom. The average Bonchev–Trinajstić information content (AvgIpc) is 2.47. The lowest BCUT2D eigenvalue weighted by Gasteiger charge is -2.00. The van der Waals surface area contributed by atoms with Crippen LogP contribution in [0.3, 0.4) is 0 Å². The van der Waals surface area contributed by atoms with E-state index in [9.17, 15) is 4.79 Å². The van der Waals surface area contributed by atoms with Gasteiger partial charge in [-0.25, -0.2) is 0 Å². The van der Waals surface area contributed by atoms with Gasteiger partial charge < -0.3 is 10.3 Å². The van der Waals surface area contributed by atoms with Gasteiger partial charge in [-0.05, 0) is 0 Å². The van der Waals surface area contributed by atoms with E-state index < -0.39 is 0 Å². The van der Waals surface area contributed by atoms with E-state index in [0.29, 0.717) is 18.2 Å². The number of carbonyl (C=O) groups is 1. The van der Waals surface area contributed by atoms with Gasteiger partial charge in [0.15, 0.2) is 0 Å². The standard InChI is InChI=1S/C6H9ClN4O/c7-3-6-10-9-4-11(6)2-1-5(8)12/h4H,1-3H2,(H2,8,12). The van der Waals surface area contributed by atoms with Gasteiger partial charge in [-0.1, -0.05) is 0 Å². The molecule has 1 aromatic heterocycles. The molecule has 0 atom stereocenters. The zero-order valence-corrected chi connectivity index (χ0v) is 7.16. The smallest absolute Gasteiger partial charge is 0.219 e. The molecule has 1 amide bonds. The molecule has 0 spiro atoms. The predicted molar refractivity (Wildman–Crippen MR) is 43.4 cm³/mol. The molecule has 0 aliphatic carbocycles. The lowest BCUT2D eigenvalue weighted by atomic mass is 10.4. The summed E-state index contributed by atoms with van der Waals surface area (Å²) in [6.45, 7) is 0.490. The summed E-state index contributed by atoms with van der Waals surface area (Å²) in [6, 6.07) is 0. The second-order valence-corrected chi connectivity index (χ2v) is 2.56. The summed E-state index contributed by atoms with van der Waals surface area (Å²) in [5, 5.41) is 7.39. The van der Waals surface area contributed by atoms with Crippen LogP contribution in [0, 0.1) is 0 Å². The minimum Gasteiger partial charge on any atom is -0.370 e. The fourth-order valence-corrected chi connectivity index (χ4v) is 1.01. The van der Waals surface area contributed by atoms with E-state index in [2.05, 4.69) is 10.2 Å². The van der Waals surface area contributed by atoms with Crippen LogP contribution in [0.1, 0.15) is 12.2 Å². The van der Waals surface area contributed by atoms with Gasteiger partial charge in [0, 0.05) is 13.0 Å². The van der Waals surface area contributed by atoms with Gasteiger partial charge in [-0.15, -0.1) is 21.8 Å². The minimum absolute atomic E-state index is 0.280. The van der Waals surface area contributed by atoms with Gasteiger partial charge in [-0.2, -0.15) is 0 Å². The van der Waals surface area contributed by atoms with E-state index in [-0.39, 0.29) is 12.3 Å². The van der Waals surface area contributed by atoms with E-state index in [1.807, 2.05) is 0 Å². The molecule has 0 bridgehead atoms. The van der Waals surface area contributed by atoms with Crippen molar-refractivity contribution in [2.45, 2.75) is 18.8 Å². The van der Waals surface area contributed by atoms with E-state index in [4.69, 9.17) is 17.3 Å². The van der Waals surface area contributed by atoms with Crippen molar-refractivity contribution in [2.24, 2.45) is 5.73 Å². The highest BCUT2D eigenvalue weighted by molar-refractivity contribution is 6.16. The maximum Gasteiger partial charge on any atom is 0.219 e. The summed E-state index contributed by atoms with van der Waals surface area (Å²) in [5.74, 6) is 0.598. The Hall–Kier alpha value is -1.10. The highest BCUT2D eigenvalue weighted by atomic mass is 35.5. The lowest BCUT2D eigenvalue weighted by Crippen LogP contribution is -2.14. The number of hydrogen-bond acceptors (Lipinski definition) is 3. The molecule has 0 radical (unpaired) electrons. The molecule has 66 valence electrons. The Morgan fingerprint density at radius 3 is 3.08 bits per heavy atom. The number of rotatable bonds is 4. The first-order chi connectivity index (χ1) is 5.74. The van der Waals surface area contributed by atoms with E-state index in [1.165, 1.54) is 6.33 Å². The van der Waals surface area contributed by atoms with E-state index in [0.717, 1.165) is 0 Å². The first-order valence-electron chi connectivity index (χ1n) is 3.45. The van der Waals surface area contributed by atoms with Crippen molar-refractivity contribution in [1.82, 2.24) is 14.8 Å². The fourth-order valence-electron chi connectivity index (χ4n) is 0.800. The van der Waals surface area contributed by atoms with E-state index >= 15 is 0 Å². The van der Waals surface area contributed by atoms with Crippen molar-refractivity contribution in [3.8, 4) is 0 Å². The number of hydrogen-bond donors (Lipinski definition) is 1. The maximum absolute atomic E-state index is 10.4. The molecule has 0 unspecified atom stereocenters. The number of aromatic nitrogens is 3. The predicted octanol–water partition coefficient (Wildman–Crippen LogP) is -0.108. The van der Waals surface area contributed by atoms with Gasteiger partial charge in [-0.3, -0.25) is 4.79 Å². The van der Waals surface area contributed by atoms with Crippen molar-refractivity contribution < 1.29 is 4.79 Å². The highest BCUT2D eigenvalue weighted by Gasteiger charge is 2.02. The summed E-state index contributed by atoms with van der Waals surface area (Å²) in [6.07, 6.45) is 1.81. The number of amides is 1. The molecular weight excluding hydrogens is 180 g/mol. The number of nitrogens with zero attached hydrogens (tertiary/aromatic N) is 3. The number of carbonyl (C=O) groups excluding carboxylic acids is 1. The molecule has 1 aromatic rings. The molecule has 6 heteroatoms. The Morgan fingerprint density at radius 2 is 2.50 bits per heavy atom. The summed E-state index contributed by atoms with van der Waals surface area (Å²) < 4.78 is 1.71. The summed E-state index contributed by atoms with van der Waals surface area (Å²) in [5.41, 5.74) is 4.97. The van der Waals surface area contributed by atoms with Crippen molar-refractivity contribution in [3.05, 3.63) is 12.2 Å². The monoisotopic (exact) mass is 188 g/mol. The maximum atomic E-state index is 10.4. The number of halogens is 1. The summed E-state index contributed by atoms with van der Waals surface area (Å²) in [4.78, 5) is 10.4. The molecule has 2 N–H and O–H groups in total. The minimum atomic E-state index is -0.343. The fraction of sp³-hybridized carbons (Fsp3) is 0.500. The average molecular weight is 189 g/mol. The molecule has 0 saturated carbocycles. The van der Waals surface area contributed by atoms with Crippen LogP contribution in [0.5, 0.6) is 0 Å². The van der Waals surface area contributed by atoms with E-state index in [1.54, 1.807) is 4.57 Å². The molecule has 1 heterocycles. The normalized spacial score (nSPS) is 10.1. The molecular formula is C6H9ClN4O. The number of nitrogens with two attached hydrogens (primary N) is 1. The first-order valence-corrected chi connectivity index (χ1v) is 3.98. The number of alkyl halides is 1. The molecule has 0 aliphatic heterocycles. The third kappa shape index (κ3) is 2.20. The Bertz CT molecular complexity index is 272. The van der Waals surface area contributed by atoms with Crippen LogP contribution in [0.15, 0.2) is 6.33 Å². The zero-order valence-electron chi connectivity index (χ0n) is 6.40. The number of primary amides is 1. The lowest BCUT2D eigenvalue weighted by molar-refractivity contribution is -0.118. The second kappa shape index (κ2) is 4.06. The van der Waals surface area contributed by atoms with Crippen LogP contribution in [0.2, 0.25) is 0 Å². The van der Waals surface area contributed by atoms with Crippen LogP contribution in [-0.2, 0) is 17.2 Å². The molecule has 0 fully saturated rings. The molecule has 0 aromatic carbocycles. The molecule has 5 nitrogen and oxygen atoms in total. The zero-order chi connectivity index (χ0) is 8.97. The molecule has 1 rings (SSSR count). The SMILES string of the molecule is NC(=O)CCn1cnnc1CCl. The van der Waals surface area contributed by atoms with Crippen molar-refractivity contribution in [1.29, 1.82) is 0 Å². The van der Waals surface area contributed by atoms with Crippen LogP contribution in [0.4, 0.5) is 0 Å². The first kappa shape index (κ1) is 8.99. The van der Waals surface area contributed by atoms with Crippen LogP contribution >= 0.6 is 11.6 Å². The topological polar surface area (TPSA) is 73.8 Å². The number of aryl methyl sites for hydroxylation is 1. The second-order valence-electron chi connectivity index (χ2n) is 2.29. The Balaban J connectivity index is 2.56. The quantitative estimate of drug-likeness (QED) is 0.671. The van der Waals surface area contributed by atoms with Crippen LogP contribution < -0.4 is 5.73 Å². The largest absolute Gasteiger partial charge is 0.370 e. The van der Waals surface area contributed by atoms with Crippen molar-refractivity contribution in [2.75, 3.05) is 0 Å². The Labute approximate surface area is 74.5 Å². The van der Waals surface area contributed by atoms with Gasteiger partial charge in [0.1, 0.15) is 12.2 Å². The van der Waals surface area contributed by atoms with Crippen LogP contribution in [0.25, 0.3) is 0 Å². The van der Waals surface area contributed by atoms with Crippen molar-refractivity contribution >= 4 is 17.5 Å². The molecule has 0 aliphatic rings. The van der Waals surface area contributed by atoms with Crippen molar-refractivity contribution in [3.63, 3.8) is 0 Å². The summed E-state index contributed by atoms with van der Waals surface area (Å²) >= 11 is 5.55. The highest BCUT2D eigenvalue weighted by Crippen LogP contribution is 1.99. The van der Waals surface area contributed by atoms with Gasteiger partial charge in [0.05, 0.1) is 5.88 Å². The third-order valence-corrected chi connectivity index (χ3v) is 1.65. The van der Waals surface area contributed by atoms with Gasteiger partial charge in [0.25, 0.3) is 0 Å². The third-order valence-electron chi connectivity index (χ3n) is 1.41. The Kier molecular flexibility index (Phi) is 3.04. The van der Waals surface area contributed by atoms with Gasteiger partial charge in [0.2, 0.25) is 5.91 Å².